The van der Waals surface area contributed by atoms with Crippen molar-refractivity contribution in [2.24, 2.45) is 0 Å². The summed E-state index contributed by atoms with van der Waals surface area (Å²) in [7, 11) is 3.49. The molecule has 1 aromatic carbocycles. The Hall–Kier alpha value is -1.07. The van der Waals surface area contributed by atoms with Crippen LogP contribution in [0.2, 0.25) is 0 Å². The Labute approximate surface area is 109 Å². The number of anilines is 1. The molecule has 0 aliphatic heterocycles. The highest BCUT2D eigenvalue weighted by Gasteiger charge is 2.19. The normalized spacial score (nSPS) is 12.2. The van der Waals surface area contributed by atoms with Crippen molar-refractivity contribution in [2.45, 2.75) is 13.0 Å². The molecule has 0 amide bonds. The fraction of sp³-hybridized carbons (Fsp3) is 0.417. The quantitative estimate of drug-likeness (QED) is 0.908. The Kier molecular flexibility index (Phi) is 4.96. The Morgan fingerprint density at radius 2 is 2.24 bits per heavy atom. The second kappa shape index (κ2) is 6.02. The number of carboxylic acid groups (broad SMARTS) is 1. The molecule has 0 radical (unpaired) electrons. The molecule has 1 aromatic rings. The molecular formula is C12H16BrNO3. The Bertz CT molecular complexity index is 409. The van der Waals surface area contributed by atoms with E-state index in [2.05, 4.69) is 15.9 Å². The van der Waals surface area contributed by atoms with Crippen LogP contribution in [0.15, 0.2) is 22.7 Å². The molecule has 4 nitrogen and oxygen atoms in total. The second-order valence-electron chi connectivity index (χ2n) is 3.85. The Morgan fingerprint density at radius 3 is 2.76 bits per heavy atom. The van der Waals surface area contributed by atoms with Crippen molar-refractivity contribution >= 4 is 27.6 Å². The molecule has 17 heavy (non-hydrogen) atoms. The maximum atomic E-state index is 11.2. The van der Waals surface area contributed by atoms with Crippen molar-refractivity contribution in [2.75, 3.05) is 25.7 Å². The van der Waals surface area contributed by atoms with E-state index in [-0.39, 0.29) is 11.6 Å². The van der Waals surface area contributed by atoms with Crippen molar-refractivity contribution in [3.05, 3.63) is 28.2 Å². The number of halogens is 1. The lowest BCUT2D eigenvalue weighted by Gasteiger charge is -2.28. The molecule has 0 heterocycles. The summed E-state index contributed by atoms with van der Waals surface area (Å²) in [6.07, 6.45) is 0. The van der Waals surface area contributed by atoms with Gasteiger partial charge in [0.05, 0.1) is 17.9 Å². The van der Waals surface area contributed by atoms with E-state index in [0.717, 1.165) is 0 Å². The Morgan fingerprint density at radius 1 is 1.59 bits per heavy atom. The molecule has 0 fully saturated rings. The average molecular weight is 302 g/mol. The SMILES string of the molecule is COCC(C)N(C)c1cccc(Br)c1C(=O)O. The van der Waals surface area contributed by atoms with Gasteiger partial charge >= 0.3 is 5.97 Å². The van der Waals surface area contributed by atoms with E-state index in [4.69, 9.17) is 4.74 Å². The molecule has 0 aliphatic rings. The number of hydrogen-bond acceptors (Lipinski definition) is 3. The molecule has 0 saturated heterocycles. The van der Waals surface area contributed by atoms with Crippen LogP contribution < -0.4 is 4.90 Å². The van der Waals surface area contributed by atoms with Gasteiger partial charge in [0.2, 0.25) is 0 Å². The number of methoxy groups -OCH3 is 1. The van der Waals surface area contributed by atoms with Gasteiger partial charge < -0.3 is 14.7 Å². The predicted octanol–water partition coefficient (Wildman–Crippen LogP) is 2.62. The van der Waals surface area contributed by atoms with Gasteiger partial charge in [-0.25, -0.2) is 4.79 Å². The van der Waals surface area contributed by atoms with Crippen molar-refractivity contribution < 1.29 is 14.6 Å². The summed E-state index contributed by atoms with van der Waals surface area (Å²) in [6.45, 7) is 2.53. The van der Waals surface area contributed by atoms with Gasteiger partial charge in [0.25, 0.3) is 0 Å². The van der Waals surface area contributed by atoms with E-state index in [1.807, 2.05) is 24.9 Å². The van der Waals surface area contributed by atoms with Gasteiger partial charge in [0, 0.05) is 24.7 Å². The van der Waals surface area contributed by atoms with Crippen LogP contribution in [0, 0.1) is 0 Å². The third kappa shape index (κ3) is 3.20. The van der Waals surface area contributed by atoms with Crippen LogP contribution in [0.5, 0.6) is 0 Å². The van der Waals surface area contributed by atoms with Crippen LogP contribution in [0.4, 0.5) is 5.69 Å². The first-order chi connectivity index (χ1) is 7.99. The summed E-state index contributed by atoms with van der Waals surface area (Å²) in [6, 6.07) is 5.44. The van der Waals surface area contributed by atoms with Gasteiger partial charge in [0.15, 0.2) is 0 Å². The second-order valence-corrected chi connectivity index (χ2v) is 4.71. The lowest BCUT2D eigenvalue weighted by molar-refractivity contribution is 0.0696. The molecule has 0 saturated carbocycles. The zero-order valence-electron chi connectivity index (χ0n) is 10.1. The molecule has 0 aromatic heterocycles. The van der Waals surface area contributed by atoms with Crippen LogP contribution in [-0.2, 0) is 4.74 Å². The minimum atomic E-state index is -0.941. The first-order valence-corrected chi connectivity index (χ1v) is 6.02. The van der Waals surface area contributed by atoms with Gasteiger partial charge in [-0.1, -0.05) is 6.07 Å². The molecule has 0 aliphatic carbocycles. The van der Waals surface area contributed by atoms with Gasteiger partial charge in [-0.2, -0.15) is 0 Å². The molecule has 1 N–H and O–H groups in total. The molecule has 1 unspecified atom stereocenters. The van der Waals surface area contributed by atoms with Crippen LogP contribution >= 0.6 is 15.9 Å². The summed E-state index contributed by atoms with van der Waals surface area (Å²) >= 11 is 3.27. The standard InChI is InChI=1S/C12H16BrNO3/c1-8(7-17-3)14(2)10-6-4-5-9(13)11(10)12(15)16/h4-6,8H,7H2,1-3H3,(H,15,16). The lowest BCUT2D eigenvalue weighted by Crippen LogP contribution is -2.33. The van der Waals surface area contributed by atoms with Gasteiger partial charge in [-0.15, -0.1) is 0 Å². The number of benzene rings is 1. The van der Waals surface area contributed by atoms with Crippen molar-refractivity contribution in [3.63, 3.8) is 0 Å². The number of aromatic carboxylic acids is 1. The highest BCUT2D eigenvalue weighted by molar-refractivity contribution is 9.10. The monoisotopic (exact) mass is 301 g/mol. The van der Waals surface area contributed by atoms with Crippen LogP contribution in [0.25, 0.3) is 0 Å². The van der Waals surface area contributed by atoms with E-state index in [9.17, 15) is 9.90 Å². The van der Waals surface area contributed by atoms with E-state index < -0.39 is 5.97 Å². The number of ether oxygens (including phenoxy) is 1. The third-order valence-corrected chi connectivity index (χ3v) is 3.32. The lowest BCUT2D eigenvalue weighted by atomic mass is 10.1. The summed E-state index contributed by atoms with van der Waals surface area (Å²) < 4.78 is 5.66. The summed E-state index contributed by atoms with van der Waals surface area (Å²) in [4.78, 5) is 13.1. The average Bonchev–Trinajstić information content (AvgIpc) is 2.27. The molecule has 0 spiro atoms. The molecule has 0 bridgehead atoms. The van der Waals surface area contributed by atoms with Crippen molar-refractivity contribution in [3.8, 4) is 0 Å². The fourth-order valence-corrected chi connectivity index (χ4v) is 2.13. The predicted molar refractivity (Wildman–Crippen MR) is 70.8 cm³/mol. The number of likely N-dealkylation sites (N-methyl/N-ethyl adjacent to an activating group) is 1. The zero-order chi connectivity index (χ0) is 13.0. The molecule has 94 valence electrons. The number of carboxylic acids is 1. The van der Waals surface area contributed by atoms with E-state index in [1.165, 1.54) is 0 Å². The highest BCUT2D eigenvalue weighted by Crippen LogP contribution is 2.28. The highest BCUT2D eigenvalue weighted by atomic mass is 79.9. The number of hydrogen-bond donors (Lipinski definition) is 1. The van der Waals surface area contributed by atoms with E-state index in [1.54, 1.807) is 19.2 Å². The zero-order valence-corrected chi connectivity index (χ0v) is 11.7. The van der Waals surface area contributed by atoms with Crippen LogP contribution in [0.3, 0.4) is 0 Å². The minimum absolute atomic E-state index is 0.104. The third-order valence-electron chi connectivity index (χ3n) is 2.65. The van der Waals surface area contributed by atoms with Crippen molar-refractivity contribution in [1.82, 2.24) is 0 Å². The van der Waals surface area contributed by atoms with Gasteiger partial charge in [-0.05, 0) is 35.0 Å². The number of rotatable bonds is 5. The topological polar surface area (TPSA) is 49.8 Å². The van der Waals surface area contributed by atoms with E-state index >= 15 is 0 Å². The summed E-state index contributed by atoms with van der Waals surface area (Å²) in [5.41, 5.74) is 0.953. The van der Waals surface area contributed by atoms with Gasteiger partial charge in [0.1, 0.15) is 0 Å². The van der Waals surface area contributed by atoms with Crippen molar-refractivity contribution in [1.29, 1.82) is 0 Å². The number of nitrogens with zero attached hydrogens (tertiary/aromatic N) is 1. The Balaban J connectivity index is 3.13. The molecular weight excluding hydrogens is 286 g/mol. The van der Waals surface area contributed by atoms with Gasteiger partial charge in [-0.3, -0.25) is 0 Å². The maximum Gasteiger partial charge on any atom is 0.338 e. The van der Waals surface area contributed by atoms with Crippen LogP contribution in [-0.4, -0.2) is 37.9 Å². The molecule has 1 atom stereocenters. The van der Waals surface area contributed by atoms with Crippen LogP contribution in [0.1, 0.15) is 17.3 Å². The first kappa shape index (κ1) is 14.0. The summed E-state index contributed by atoms with van der Waals surface area (Å²) in [5, 5.41) is 9.22. The maximum absolute atomic E-state index is 11.2. The fourth-order valence-electron chi connectivity index (χ4n) is 1.61. The summed E-state index contributed by atoms with van der Waals surface area (Å²) in [5.74, 6) is -0.941. The minimum Gasteiger partial charge on any atom is -0.478 e. The van der Waals surface area contributed by atoms with E-state index in [0.29, 0.717) is 16.8 Å². The number of carbonyl (C=O) groups is 1. The largest absolute Gasteiger partial charge is 0.478 e. The molecule has 5 heteroatoms. The smallest absolute Gasteiger partial charge is 0.338 e. The molecule has 1 rings (SSSR count). The first-order valence-electron chi connectivity index (χ1n) is 5.22.